The first kappa shape index (κ1) is 16.5. The molecule has 0 heterocycles. The van der Waals surface area contributed by atoms with Crippen molar-refractivity contribution in [2.24, 2.45) is 0 Å². The number of carbonyl (C=O) groups is 1. The number of fused-ring (bicyclic) bond motifs is 1. The smallest absolute Gasteiger partial charge is 0.256 e. The number of hydrogen-bond acceptors (Lipinski definition) is 1. The Bertz CT molecular complexity index is 888. The first-order valence-electron chi connectivity index (χ1n) is 8.19. The predicted molar refractivity (Wildman–Crippen MR) is 102 cm³/mol. The van der Waals surface area contributed by atoms with Gasteiger partial charge in [-0.3, -0.25) is 4.79 Å². The molecule has 1 unspecified atom stereocenters. The van der Waals surface area contributed by atoms with E-state index in [1.54, 1.807) is 0 Å². The van der Waals surface area contributed by atoms with Crippen molar-refractivity contribution >= 4 is 34.0 Å². The summed E-state index contributed by atoms with van der Waals surface area (Å²) in [6, 6.07) is 19.2. The molecule has 0 aliphatic rings. The largest absolute Gasteiger partial charge is 0.322 e. The maximum atomic E-state index is 12.8. The highest BCUT2D eigenvalue weighted by Gasteiger charge is 2.14. The van der Waals surface area contributed by atoms with Crippen LogP contribution >= 0.6 is 11.6 Å². The third kappa shape index (κ3) is 3.15. The zero-order valence-electron chi connectivity index (χ0n) is 13.8. The highest BCUT2D eigenvalue weighted by molar-refractivity contribution is 6.36. The Balaban J connectivity index is 1.99. The van der Waals surface area contributed by atoms with Crippen molar-refractivity contribution < 1.29 is 4.79 Å². The monoisotopic (exact) mass is 337 g/mol. The molecule has 0 bridgehead atoms. The van der Waals surface area contributed by atoms with Crippen LogP contribution in [0.2, 0.25) is 5.02 Å². The molecular formula is C21H20ClNO. The number of rotatable bonds is 4. The van der Waals surface area contributed by atoms with Crippen LogP contribution in [0.15, 0.2) is 60.7 Å². The molecule has 1 N–H and O–H groups in total. The number of benzene rings is 3. The fourth-order valence-corrected chi connectivity index (χ4v) is 3.16. The van der Waals surface area contributed by atoms with E-state index in [9.17, 15) is 4.79 Å². The summed E-state index contributed by atoms with van der Waals surface area (Å²) in [5, 5.41) is 5.48. The van der Waals surface area contributed by atoms with Crippen LogP contribution < -0.4 is 5.32 Å². The Labute approximate surface area is 147 Å². The third-order valence-corrected chi connectivity index (χ3v) is 4.80. The Morgan fingerprint density at radius 2 is 1.71 bits per heavy atom. The summed E-state index contributed by atoms with van der Waals surface area (Å²) < 4.78 is 0. The molecule has 0 spiro atoms. The van der Waals surface area contributed by atoms with Gasteiger partial charge in [0.2, 0.25) is 0 Å². The summed E-state index contributed by atoms with van der Waals surface area (Å²) in [5.41, 5.74) is 2.66. The normalized spacial score (nSPS) is 12.1. The zero-order chi connectivity index (χ0) is 17.1. The fourth-order valence-electron chi connectivity index (χ4n) is 2.92. The molecular weight excluding hydrogens is 318 g/mol. The van der Waals surface area contributed by atoms with Gasteiger partial charge in [-0.05, 0) is 41.5 Å². The first-order chi connectivity index (χ1) is 11.6. The van der Waals surface area contributed by atoms with Gasteiger partial charge in [-0.2, -0.15) is 0 Å². The van der Waals surface area contributed by atoms with E-state index < -0.39 is 0 Å². The summed E-state index contributed by atoms with van der Waals surface area (Å²) in [5.74, 6) is 0.280. The van der Waals surface area contributed by atoms with Crippen molar-refractivity contribution in [3.8, 4) is 0 Å². The minimum Gasteiger partial charge on any atom is -0.322 e. The molecule has 3 aromatic rings. The van der Waals surface area contributed by atoms with Crippen molar-refractivity contribution in [3.63, 3.8) is 0 Å². The van der Waals surface area contributed by atoms with Crippen molar-refractivity contribution in [3.05, 3.63) is 76.8 Å². The minimum atomic E-state index is -0.112. The molecule has 0 aliphatic carbocycles. The molecule has 0 aliphatic heterocycles. The summed E-state index contributed by atoms with van der Waals surface area (Å²) in [7, 11) is 0. The number of anilines is 1. The van der Waals surface area contributed by atoms with E-state index in [-0.39, 0.29) is 5.91 Å². The summed E-state index contributed by atoms with van der Waals surface area (Å²) >= 11 is 6.25. The van der Waals surface area contributed by atoms with Gasteiger partial charge in [0.1, 0.15) is 0 Å². The van der Waals surface area contributed by atoms with Gasteiger partial charge in [-0.1, -0.05) is 67.9 Å². The average molecular weight is 338 g/mol. The second-order valence-corrected chi connectivity index (χ2v) is 6.40. The number of carbonyl (C=O) groups excluding carboxylic acids is 1. The number of hydrogen-bond donors (Lipinski definition) is 1. The summed E-state index contributed by atoms with van der Waals surface area (Å²) in [4.78, 5) is 12.8. The van der Waals surface area contributed by atoms with Gasteiger partial charge in [0.05, 0.1) is 0 Å². The number of nitrogens with one attached hydrogen (secondary N) is 1. The number of halogens is 1. The van der Waals surface area contributed by atoms with Crippen LogP contribution in [-0.2, 0) is 0 Å². The lowest BCUT2D eigenvalue weighted by Gasteiger charge is -2.16. The third-order valence-electron chi connectivity index (χ3n) is 4.47. The Hall–Kier alpha value is -2.32. The van der Waals surface area contributed by atoms with Crippen LogP contribution in [-0.4, -0.2) is 5.91 Å². The van der Waals surface area contributed by atoms with E-state index in [1.165, 1.54) is 0 Å². The summed E-state index contributed by atoms with van der Waals surface area (Å²) in [6.45, 7) is 4.32. The second kappa shape index (κ2) is 7.06. The average Bonchev–Trinajstić information content (AvgIpc) is 2.61. The van der Waals surface area contributed by atoms with Gasteiger partial charge in [0.15, 0.2) is 0 Å². The predicted octanol–water partition coefficient (Wildman–Crippen LogP) is 6.26. The first-order valence-corrected chi connectivity index (χ1v) is 8.57. The van der Waals surface area contributed by atoms with Crippen LogP contribution in [0.1, 0.15) is 42.1 Å². The molecule has 122 valence electrons. The van der Waals surface area contributed by atoms with Gasteiger partial charge in [-0.25, -0.2) is 0 Å². The van der Waals surface area contributed by atoms with Crippen molar-refractivity contribution in [2.45, 2.75) is 26.2 Å². The van der Waals surface area contributed by atoms with Crippen LogP contribution in [0.5, 0.6) is 0 Å². The topological polar surface area (TPSA) is 29.1 Å². The van der Waals surface area contributed by atoms with Gasteiger partial charge >= 0.3 is 0 Å². The lowest BCUT2D eigenvalue weighted by molar-refractivity contribution is 0.102. The van der Waals surface area contributed by atoms with Gasteiger partial charge in [0, 0.05) is 21.7 Å². The minimum absolute atomic E-state index is 0.112. The van der Waals surface area contributed by atoms with E-state index in [2.05, 4.69) is 25.2 Å². The van der Waals surface area contributed by atoms with Gasteiger partial charge in [-0.15, -0.1) is 0 Å². The van der Waals surface area contributed by atoms with E-state index in [1.807, 2.05) is 54.6 Å². The van der Waals surface area contributed by atoms with E-state index in [4.69, 9.17) is 11.6 Å². The SMILES string of the molecule is CCC(C)c1ccccc1NC(=O)c1cccc2c(Cl)cccc12. The molecule has 3 aromatic carbocycles. The molecule has 0 saturated carbocycles. The van der Waals surface area contributed by atoms with Crippen molar-refractivity contribution in [1.82, 2.24) is 0 Å². The molecule has 0 fully saturated rings. The molecule has 24 heavy (non-hydrogen) atoms. The quantitative estimate of drug-likeness (QED) is 0.598. The molecule has 3 rings (SSSR count). The molecule has 3 heteroatoms. The van der Waals surface area contributed by atoms with Gasteiger partial charge in [0.25, 0.3) is 5.91 Å². The van der Waals surface area contributed by atoms with Crippen LogP contribution in [0, 0.1) is 0 Å². The molecule has 0 radical (unpaired) electrons. The highest BCUT2D eigenvalue weighted by Crippen LogP contribution is 2.29. The van der Waals surface area contributed by atoms with Crippen LogP contribution in [0.25, 0.3) is 10.8 Å². The molecule has 1 atom stereocenters. The maximum absolute atomic E-state index is 12.8. The van der Waals surface area contributed by atoms with Crippen molar-refractivity contribution in [2.75, 3.05) is 5.32 Å². The summed E-state index contributed by atoms with van der Waals surface area (Å²) in [6.07, 6.45) is 1.02. The van der Waals surface area contributed by atoms with E-state index in [0.717, 1.165) is 28.4 Å². The zero-order valence-corrected chi connectivity index (χ0v) is 14.6. The second-order valence-electron chi connectivity index (χ2n) is 5.99. The van der Waals surface area contributed by atoms with E-state index in [0.29, 0.717) is 16.5 Å². The fraction of sp³-hybridized carbons (Fsp3) is 0.190. The highest BCUT2D eigenvalue weighted by atomic mass is 35.5. The van der Waals surface area contributed by atoms with Crippen LogP contribution in [0.4, 0.5) is 5.69 Å². The molecule has 2 nitrogen and oxygen atoms in total. The maximum Gasteiger partial charge on any atom is 0.256 e. The lowest BCUT2D eigenvalue weighted by Crippen LogP contribution is -2.14. The molecule has 1 amide bonds. The Morgan fingerprint density at radius 1 is 1.00 bits per heavy atom. The standard InChI is InChI=1S/C21H20ClNO/c1-3-14(2)15-8-4-5-13-20(15)23-21(24)18-11-6-10-17-16(18)9-7-12-19(17)22/h4-14H,3H2,1-2H3,(H,23,24). The molecule has 0 aromatic heterocycles. The Kier molecular flexibility index (Phi) is 4.86. The van der Waals surface area contributed by atoms with Gasteiger partial charge < -0.3 is 5.32 Å². The molecule has 0 saturated heterocycles. The number of para-hydroxylation sites is 1. The lowest BCUT2D eigenvalue weighted by atomic mass is 9.96. The number of amides is 1. The Morgan fingerprint density at radius 3 is 2.50 bits per heavy atom. The van der Waals surface area contributed by atoms with E-state index >= 15 is 0 Å². The van der Waals surface area contributed by atoms with Crippen molar-refractivity contribution in [1.29, 1.82) is 0 Å². The van der Waals surface area contributed by atoms with Crippen LogP contribution in [0.3, 0.4) is 0 Å².